The van der Waals surface area contributed by atoms with Crippen LogP contribution in [0.5, 0.6) is 5.75 Å². The first-order valence-corrected chi connectivity index (χ1v) is 11.3. The van der Waals surface area contributed by atoms with E-state index in [1.165, 1.54) is 29.6 Å². The van der Waals surface area contributed by atoms with E-state index in [1.807, 2.05) is 0 Å². The Morgan fingerprint density at radius 3 is 2.37 bits per heavy atom. The summed E-state index contributed by atoms with van der Waals surface area (Å²) in [6, 6.07) is 11.1. The number of Topliss-reactive ketones (excluding diaryl/α,β-unsaturated/α-hetero) is 1. The number of halogens is 1. The number of ether oxygens (including phenoxy) is 1. The van der Waals surface area contributed by atoms with Gasteiger partial charge >= 0.3 is 0 Å². The monoisotopic (exact) mass is 433 g/mol. The Hall–Kier alpha value is -2.49. The van der Waals surface area contributed by atoms with Crippen molar-refractivity contribution < 1.29 is 22.3 Å². The van der Waals surface area contributed by atoms with Gasteiger partial charge < -0.3 is 9.64 Å². The molecular formula is C21H24FN3O4S. The molecule has 0 bridgehead atoms. The molecule has 1 fully saturated rings. The lowest BCUT2D eigenvalue weighted by Gasteiger charge is -2.37. The Morgan fingerprint density at radius 1 is 1.00 bits per heavy atom. The SMILES string of the molecule is COc1cccc2c1C(=O)CN(CCN1CCN(c3ccc(F)cc3)CC1)S2(=O)=O. The molecule has 0 aromatic heterocycles. The molecule has 9 heteroatoms. The maximum atomic E-state index is 13.1. The van der Waals surface area contributed by atoms with Crippen LogP contribution in [0.1, 0.15) is 10.4 Å². The first-order chi connectivity index (χ1) is 14.4. The third kappa shape index (κ3) is 3.92. The van der Waals surface area contributed by atoms with Crippen molar-refractivity contribution in [3.8, 4) is 5.75 Å². The van der Waals surface area contributed by atoms with E-state index in [0.29, 0.717) is 6.54 Å². The van der Waals surface area contributed by atoms with Gasteiger partial charge in [-0.2, -0.15) is 4.31 Å². The molecule has 30 heavy (non-hydrogen) atoms. The van der Waals surface area contributed by atoms with Crippen molar-refractivity contribution in [2.75, 3.05) is 57.8 Å². The van der Waals surface area contributed by atoms with Crippen molar-refractivity contribution in [1.29, 1.82) is 0 Å². The predicted molar refractivity (Wildman–Crippen MR) is 111 cm³/mol. The van der Waals surface area contributed by atoms with Crippen molar-refractivity contribution >= 4 is 21.5 Å². The number of methoxy groups -OCH3 is 1. The molecule has 2 aromatic rings. The van der Waals surface area contributed by atoms with Crippen LogP contribution in [-0.2, 0) is 10.0 Å². The molecule has 2 heterocycles. The maximum Gasteiger partial charge on any atom is 0.244 e. The molecule has 0 atom stereocenters. The highest BCUT2D eigenvalue weighted by molar-refractivity contribution is 7.89. The topological polar surface area (TPSA) is 70.2 Å². The summed E-state index contributed by atoms with van der Waals surface area (Å²) in [5.74, 6) is -0.218. The Bertz CT molecular complexity index is 1030. The largest absolute Gasteiger partial charge is 0.496 e. The lowest BCUT2D eigenvalue weighted by Crippen LogP contribution is -2.50. The van der Waals surface area contributed by atoms with Gasteiger partial charge in [-0.05, 0) is 36.4 Å². The first-order valence-electron chi connectivity index (χ1n) is 9.83. The van der Waals surface area contributed by atoms with Crippen molar-refractivity contribution in [3.63, 3.8) is 0 Å². The fourth-order valence-electron chi connectivity index (χ4n) is 3.97. The van der Waals surface area contributed by atoms with Crippen LogP contribution in [0.3, 0.4) is 0 Å². The number of fused-ring (bicyclic) bond motifs is 1. The van der Waals surface area contributed by atoms with Crippen LogP contribution < -0.4 is 9.64 Å². The molecule has 2 aliphatic heterocycles. The molecule has 0 N–H and O–H groups in total. The number of carbonyl (C=O) groups is 1. The number of piperazine rings is 1. The normalized spacial score (nSPS) is 19.5. The minimum Gasteiger partial charge on any atom is -0.496 e. The van der Waals surface area contributed by atoms with Gasteiger partial charge in [0.05, 0.1) is 24.1 Å². The van der Waals surface area contributed by atoms with Crippen LogP contribution in [0.15, 0.2) is 47.4 Å². The van der Waals surface area contributed by atoms with E-state index in [0.717, 1.165) is 31.9 Å². The van der Waals surface area contributed by atoms with Crippen LogP contribution in [-0.4, -0.2) is 76.3 Å². The zero-order valence-corrected chi connectivity index (χ0v) is 17.6. The molecule has 7 nitrogen and oxygen atoms in total. The number of rotatable bonds is 5. The number of sulfonamides is 1. The molecule has 0 saturated carbocycles. The standard InChI is InChI=1S/C21H24FN3O4S/c1-29-19-3-2-4-20-21(19)18(26)15-25(30(20,27)28)14-11-23-9-12-24(13-10-23)17-7-5-16(22)6-8-17/h2-8H,9-15H2,1H3. The summed E-state index contributed by atoms with van der Waals surface area (Å²) in [5, 5.41) is 0. The van der Waals surface area contributed by atoms with Gasteiger partial charge in [-0.3, -0.25) is 9.69 Å². The number of hydrogen-bond acceptors (Lipinski definition) is 6. The van der Waals surface area contributed by atoms with Crippen molar-refractivity contribution in [3.05, 3.63) is 53.8 Å². The van der Waals surface area contributed by atoms with E-state index in [9.17, 15) is 17.6 Å². The Morgan fingerprint density at radius 2 is 1.70 bits per heavy atom. The quantitative estimate of drug-likeness (QED) is 0.717. The van der Waals surface area contributed by atoms with Gasteiger partial charge in [0.1, 0.15) is 11.6 Å². The van der Waals surface area contributed by atoms with Crippen LogP contribution in [0.25, 0.3) is 0 Å². The van der Waals surface area contributed by atoms with E-state index < -0.39 is 10.0 Å². The van der Waals surface area contributed by atoms with E-state index in [2.05, 4.69) is 9.80 Å². The third-order valence-electron chi connectivity index (χ3n) is 5.65. The van der Waals surface area contributed by atoms with Gasteiger partial charge in [-0.15, -0.1) is 0 Å². The Labute approximate surface area is 175 Å². The van der Waals surface area contributed by atoms with Crippen LogP contribution in [0, 0.1) is 5.82 Å². The zero-order valence-electron chi connectivity index (χ0n) is 16.8. The van der Waals surface area contributed by atoms with Crippen LogP contribution in [0.2, 0.25) is 0 Å². The molecule has 4 rings (SSSR count). The van der Waals surface area contributed by atoms with Crippen molar-refractivity contribution in [1.82, 2.24) is 9.21 Å². The van der Waals surface area contributed by atoms with Crippen LogP contribution in [0.4, 0.5) is 10.1 Å². The number of hydrogen-bond donors (Lipinski definition) is 0. The number of benzene rings is 2. The summed E-state index contributed by atoms with van der Waals surface area (Å²) >= 11 is 0. The molecular weight excluding hydrogens is 409 g/mol. The molecule has 0 amide bonds. The smallest absolute Gasteiger partial charge is 0.244 e. The molecule has 0 spiro atoms. The third-order valence-corrected chi connectivity index (χ3v) is 7.54. The first kappa shape index (κ1) is 20.8. The maximum absolute atomic E-state index is 13.1. The summed E-state index contributed by atoms with van der Waals surface area (Å²) in [4.78, 5) is 17.0. The van der Waals surface area contributed by atoms with Gasteiger partial charge in [0, 0.05) is 45.0 Å². The molecule has 1 saturated heterocycles. The molecule has 0 unspecified atom stereocenters. The fourth-order valence-corrected chi connectivity index (χ4v) is 5.58. The summed E-state index contributed by atoms with van der Waals surface area (Å²) in [6.07, 6.45) is 0. The van der Waals surface area contributed by atoms with E-state index in [4.69, 9.17) is 4.74 Å². The molecule has 2 aromatic carbocycles. The second kappa shape index (κ2) is 8.33. The van der Waals surface area contributed by atoms with Crippen molar-refractivity contribution in [2.45, 2.75) is 4.90 Å². The second-order valence-corrected chi connectivity index (χ2v) is 9.31. The molecule has 160 valence electrons. The highest BCUT2D eigenvalue weighted by atomic mass is 32.2. The van der Waals surface area contributed by atoms with E-state index in [-0.39, 0.29) is 40.9 Å². The molecule has 0 radical (unpaired) electrons. The minimum absolute atomic E-state index is 0.0132. The zero-order chi connectivity index (χ0) is 21.3. The summed E-state index contributed by atoms with van der Waals surface area (Å²) in [5.41, 5.74) is 1.12. The van der Waals surface area contributed by atoms with Gasteiger partial charge in [0.25, 0.3) is 0 Å². The summed E-state index contributed by atoms with van der Waals surface area (Å²) < 4.78 is 45.6. The Kier molecular flexibility index (Phi) is 5.77. The number of anilines is 1. The predicted octanol–water partition coefficient (Wildman–Crippen LogP) is 1.84. The summed E-state index contributed by atoms with van der Waals surface area (Å²) in [7, 11) is -2.32. The lowest BCUT2D eigenvalue weighted by molar-refractivity contribution is 0.0947. The number of carbonyl (C=O) groups excluding carboxylic acids is 1. The second-order valence-electron chi connectivity index (χ2n) is 7.40. The average Bonchev–Trinajstić information content (AvgIpc) is 2.76. The van der Waals surface area contributed by atoms with Crippen LogP contribution >= 0.6 is 0 Å². The fraction of sp³-hybridized carbons (Fsp3) is 0.381. The molecule has 0 aliphatic carbocycles. The van der Waals surface area contributed by atoms with Crippen molar-refractivity contribution in [2.24, 2.45) is 0 Å². The number of nitrogens with zero attached hydrogens (tertiary/aromatic N) is 3. The number of ketones is 1. The summed E-state index contributed by atoms with van der Waals surface area (Å²) in [6.45, 7) is 3.71. The highest BCUT2D eigenvalue weighted by Crippen LogP contribution is 2.32. The average molecular weight is 434 g/mol. The van der Waals surface area contributed by atoms with E-state index in [1.54, 1.807) is 24.3 Å². The molecule has 2 aliphatic rings. The lowest BCUT2D eigenvalue weighted by atomic mass is 10.1. The van der Waals surface area contributed by atoms with E-state index >= 15 is 0 Å². The Balaban J connectivity index is 1.39. The van der Waals surface area contributed by atoms with Gasteiger partial charge in [0.2, 0.25) is 10.0 Å². The van der Waals surface area contributed by atoms with Gasteiger partial charge in [-0.1, -0.05) is 6.07 Å². The van der Waals surface area contributed by atoms with Gasteiger partial charge in [0.15, 0.2) is 5.78 Å². The minimum atomic E-state index is -3.75. The van der Waals surface area contributed by atoms with Gasteiger partial charge in [-0.25, -0.2) is 12.8 Å². The highest BCUT2D eigenvalue weighted by Gasteiger charge is 2.38.